The first-order valence-corrected chi connectivity index (χ1v) is 8.71. The standard InChI is InChI=1S/C18H22ClN3O2/c1-2-24-13-12-21-8-10-22(11-9-21)18(23)16-7-6-14-4-3-5-15(19)17(14)20-16/h3-7H,2,8-13H2,1H3. The Morgan fingerprint density at radius 2 is 2.00 bits per heavy atom. The number of halogens is 1. The first-order chi connectivity index (χ1) is 11.7. The number of amides is 1. The van der Waals surface area contributed by atoms with E-state index in [9.17, 15) is 4.79 Å². The van der Waals surface area contributed by atoms with E-state index in [1.807, 2.05) is 30.0 Å². The number of piperazine rings is 1. The Morgan fingerprint density at radius 1 is 1.21 bits per heavy atom. The minimum Gasteiger partial charge on any atom is -0.380 e. The van der Waals surface area contributed by atoms with Crippen LogP contribution in [0.1, 0.15) is 17.4 Å². The molecule has 2 heterocycles. The lowest BCUT2D eigenvalue weighted by Gasteiger charge is -2.34. The molecular weight excluding hydrogens is 326 g/mol. The van der Waals surface area contributed by atoms with Crippen LogP contribution in [0.2, 0.25) is 5.02 Å². The third-order valence-electron chi connectivity index (χ3n) is 4.31. The summed E-state index contributed by atoms with van der Waals surface area (Å²) >= 11 is 6.19. The molecule has 24 heavy (non-hydrogen) atoms. The highest BCUT2D eigenvalue weighted by Crippen LogP contribution is 2.22. The minimum absolute atomic E-state index is 0.0266. The van der Waals surface area contributed by atoms with Crippen molar-refractivity contribution in [1.29, 1.82) is 0 Å². The van der Waals surface area contributed by atoms with Gasteiger partial charge in [0.05, 0.1) is 17.1 Å². The molecule has 6 heteroatoms. The second kappa shape index (κ2) is 7.92. The van der Waals surface area contributed by atoms with E-state index in [2.05, 4.69) is 9.88 Å². The Balaban J connectivity index is 1.64. The molecule has 1 aliphatic heterocycles. The fraction of sp³-hybridized carbons (Fsp3) is 0.444. The summed E-state index contributed by atoms with van der Waals surface area (Å²) in [5, 5.41) is 1.52. The molecule has 128 valence electrons. The van der Waals surface area contributed by atoms with Gasteiger partial charge in [-0.15, -0.1) is 0 Å². The van der Waals surface area contributed by atoms with Gasteiger partial charge in [-0.05, 0) is 19.1 Å². The van der Waals surface area contributed by atoms with Crippen molar-refractivity contribution in [3.63, 3.8) is 0 Å². The van der Waals surface area contributed by atoms with Crippen molar-refractivity contribution in [2.45, 2.75) is 6.92 Å². The van der Waals surface area contributed by atoms with Crippen molar-refractivity contribution < 1.29 is 9.53 Å². The average molecular weight is 348 g/mol. The Hall–Kier alpha value is -1.69. The van der Waals surface area contributed by atoms with Gasteiger partial charge in [0.1, 0.15) is 5.69 Å². The molecule has 0 bridgehead atoms. The molecule has 0 radical (unpaired) electrons. The number of benzene rings is 1. The SMILES string of the molecule is CCOCCN1CCN(C(=O)c2ccc3cccc(Cl)c3n2)CC1. The zero-order valence-electron chi connectivity index (χ0n) is 13.9. The first kappa shape index (κ1) is 17.1. The molecule has 1 amide bonds. The minimum atomic E-state index is -0.0266. The van der Waals surface area contributed by atoms with Crippen LogP contribution in [-0.4, -0.2) is 66.6 Å². The second-order valence-corrected chi connectivity index (χ2v) is 6.25. The van der Waals surface area contributed by atoms with Gasteiger partial charge in [0.2, 0.25) is 0 Å². The summed E-state index contributed by atoms with van der Waals surface area (Å²) in [4.78, 5) is 21.4. The smallest absolute Gasteiger partial charge is 0.272 e. The van der Waals surface area contributed by atoms with E-state index in [0.717, 1.165) is 38.2 Å². The van der Waals surface area contributed by atoms with Crippen molar-refractivity contribution in [1.82, 2.24) is 14.8 Å². The van der Waals surface area contributed by atoms with Gasteiger partial charge in [-0.1, -0.05) is 29.8 Å². The molecule has 2 aromatic rings. The van der Waals surface area contributed by atoms with Crippen molar-refractivity contribution in [3.05, 3.63) is 41.0 Å². The molecule has 1 aromatic carbocycles. The predicted molar refractivity (Wildman–Crippen MR) is 95.6 cm³/mol. The van der Waals surface area contributed by atoms with Gasteiger partial charge in [-0.2, -0.15) is 0 Å². The molecule has 0 aliphatic carbocycles. The zero-order valence-corrected chi connectivity index (χ0v) is 14.6. The highest BCUT2D eigenvalue weighted by molar-refractivity contribution is 6.35. The number of hydrogen-bond donors (Lipinski definition) is 0. The first-order valence-electron chi connectivity index (χ1n) is 8.33. The maximum Gasteiger partial charge on any atom is 0.272 e. The summed E-state index contributed by atoms with van der Waals surface area (Å²) < 4.78 is 5.39. The van der Waals surface area contributed by atoms with E-state index in [1.54, 1.807) is 12.1 Å². The molecule has 0 spiro atoms. The lowest BCUT2D eigenvalue weighted by molar-refractivity contribution is 0.0560. The average Bonchev–Trinajstić information content (AvgIpc) is 2.62. The van der Waals surface area contributed by atoms with Crippen molar-refractivity contribution >= 4 is 28.4 Å². The van der Waals surface area contributed by atoms with Crippen LogP contribution in [0.5, 0.6) is 0 Å². The van der Waals surface area contributed by atoms with Gasteiger partial charge in [-0.25, -0.2) is 4.98 Å². The van der Waals surface area contributed by atoms with Crippen LogP contribution < -0.4 is 0 Å². The number of rotatable bonds is 5. The molecule has 1 fully saturated rings. The monoisotopic (exact) mass is 347 g/mol. The lowest BCUT2D eigenvalue weighted by atomic mass is 10.2. The molecule has 1 aliphatic rings. The van der Waals surface area contributed by atoms with Crippen LogP contribution in [-0.2, 0) is 4.74 Å². The van der Waals surface area contributed by atoms with E-state index in [0.29, 0.717) is 29.3 Å². The summed E-state index contributed by atoms with van der Waals surface area (Å²) in [6.07, 6.45) is 0. The molecule has 1 saturated heterocycles. The summed E-state index contributed by atoms with van der Waals surface area (Å²) in [5.41, 5.74) is 1.14. The molecule has 5 nitrogen and oxygen atoms in total. The number of nitrogens with zero attached hydrogens (tertiary/aromatic N) is 3. The van der Waals surface area contributed by atoms with Crippen LogP contribution >= 0.6 is 11.6 Å². The predicted octanol–water partition coefficient (Wildman–Crippen LogP) is 2.68. The molecule has 0 unspecified atom stereocenters. The molecule has 3 rings (SSSR count). The maximum absolute atomic E-state index is 12.7. The van der Waals surface area contributed by atoms with E-state index in [-0.39, 0.29) is 5.91 Å². The second-order valence-electron chi connectivity index (χ2n) is 5.84. The van der Waals surface area contributed by atoms with Gasteiger partial charge in [0.15, 0.2) is 0 Å². The number of ether oxygens (including phenoxy) is 1. The quantitative estimate of drug-likeness (QED) is 0.780. The van der Waals surface area contributed by atoms with Crippen LogP contribution in [0.3, 0.4) is 0 Å². The Bertz CT molecular complexity index is 714. The fourth-order valence-corrected chi connectivity index (χ4v) is 3.13. The number of carbonyl (C=O) groups is 1. The highest BCUT2D eigenvalue weighted by atomic mass is 35.5. The lowest BCUT2D eigenvalue weighted by Crippen LogP contribution is -2.49. The van der Waals surface area contributed by atoms with E-state index in [1.165, 1.54) is 0 Å². The molecular formula is C18H22ClN3O2. The van der Waals surface area contributed by atoms with Crippen molar-refractivity contribution in [2.24, 2.45) is 0 Å². The number of carbonyl (C=O) groups excluding carboxylic acids is 1. The summed E-state index contributed by atoms with van der Waals surface area (Å²) in [6.45, 7) is 7.57. The van der Waals surface area contributed by atoms with Gasteiger partial charge in [0, 0.05) is 44.7 Å². The Labute approximate surface area is 147 Å². The zero-order chi connectivity index (χ0) is 16.9. The summed E-state index contributed by atoms with van der Waals surface area (Å²) in [5.74, 6) is -0.0266. The van der Waals surface area contributed by atoms with Crippen LogP contribution in [0.15, 0.2) is 30.3 Å². The molecule has 1 aromatic heterocycles. The van der Waals surface area contributed by atoms with Gasteiger partial charge in [-0.3, -0.25) is 9.69 Å². The number of hydrogen-bond acceptors (Lipinski definition) is 4. The summed E-state index contributed by atoms with van der Waals surface area (Å²) in [7, 11) is 0. The van der Waals surface area contributed by atoms with Crippen molar-refractivity contribution in [2.75, 3.05) is 45.9 Å². The van der Waals surface area contributed by atoms with E-state index < -0.39 is 0 Å². The normalized spacial score (nSPS) is 15.8. The van der Waals surface area contributed by atoms with Gasteiger partial charge in [0.25, 0.3) is 5.91 Å². The van der Waals surface area contributed by atoms with Crippen LogP contribution in [0.4, 0.5) is 0 Å². The number of para-hydroxylation sites is 1. The number of pyridine rings is 1. The van der Waals surface area contributed by atoms with Gasteiger partial charge >= 0.3 is 0 Å². The van der Waals surface area contributed by atoms with Gasteiger partial charge < -0.3 is 9.64 Å². The van der Waals surface area contributed by atoms with E-state index >= 15 is 0 Å². The topological polar surface area (TPSA) is 45.7 Å². The molecule has 0 saturated carbocycles. The van der Waals surface area contributed by atoms with E-state index in [4.69, 9.17) is 16.3 Å². The fourth-order valence-electron chi connectivity index (χ4n) is 2.90. The molecule has 0 N–H and O–H groups in total. The van der Waals surface area contributed by atoms with Crippen LogP contribution in [0.25, 0.3) is 10.9 Å². The maximum atomic E-state index is 12.7. The number of fused-ring (bicyclic) bond motifs is 1. The summed E-state index contributed by atoms with van der Waals surface area (Å²) in [6, 6.07) is 9.31. The third kappa shape index (κ3) is 3.86. The van der Waals surface area contributed by atoms with Crippen LogP contribution in [0, 0.1) is 0 Å². The third-order valence-corrected chi connectivity index (χ3v) is 4.61. The van der Waals surface area contributed by atoms with Crippen molar-refractivity contribution in [3.8, 4) is 0 Å². The Kier molecular flexibility index (Phi) is 5.66. The molecule has 0 atom stereocenters. The highest BCUT2D eigenvalue weighted by Gasteiger charge is 2.23. The number of aromatic nitrogens is 1. The largest absolute Gasteiger partial charge is 0.380 e. The Morgan fingerprint density at radius 3 is 2.75 bits per heavy atom.